The van der Waals surface area contributed by atoms with E-state index < -0.39 is 11.0 Å². The summed E-state index contributed by atoms with van der Waals surface area (Å²) < 4.78 is 27.6. The van der Waals surface area contributed by atoms with Gasteiger partial charge in [0, 0.05) is 47.8 Å². The molecule has 0 saturated carbocycles. The van der Waals surface area contributed by atoms with Gasteiger partial charge >= 0.3 is 0 Å². The van der Waals surface area contributed by atoms with Gasteiger partial charge in [0.2, 0.25) is 0 Å². The number of anilines is 1. The summed E-state index contributed by atoms with van der Waals surface area (Å²) in [5.41, 5.74) is 3.01. The molecule has 2 aromatic rings. The predicted octanol–water partition coefficient (Wildman–Crippen LogP) is 3.93. The number of nitrogens with zero attached hydrogens (tertiary/aromatic N) is 4. The fourth-order valence-electron chi connectivity index (χ4n) is 3.16. The highest BCUT2D eigenvalue weighted by atomic mass is 32.2. The van der Waals surface area contributed by atoms with Crippen molar-refractivity contribution in [3.8, 4) is 0 Å². The molecule has 160 valence electrons. The summed E-state index contributed by atoms with van der Waals surface area (Å²) in [4.78, 5) is 13.7. The highest BCUT2D eigenvalue weighted by Gasteiger charge is 2.25. The van der Waals surface area contributed by atoms with Gasteiger partial charge < -0.3 is 5.32 Å². The summed E-state index contributed by atoms with van der Waals surface area (Å²) in [5, 5.41) is 3.45. The van der Waals surface area contributed by atoms with Gasteiger partial charge in [0.05, 0.1) is 22.6 Å². The zero-order valence-corrected chi connectivity index (χ0v) is 18.8. The van der Waals surface area contributed by atoms with Gasteiger partial charge in [0.25, 0.3) is 0 Å². The average Bonchev–Trinajstić information content (AvgIpc) is 2.74. The fourth-order valence-corrected chi connectivity index (χ4v) is 5.09. The molecular formula is C21H26FN5OS2. The normalized spacial score (nSPS) is 15.7. The Kier molecular flexibility index (Phi) is 8.12. The molecule has 30 heavy (non-hydrogen) atoms. The van der Waals surface area contributed by atoms with Crippen molar-refractivity contribution >= 4 is 35.3 Å². The summed E-state index contributed by atoms with van der Waals surface area (Å²) in [6.45, 7) is 8.78. The topological polar surface area (TPSA) is 70.5 Å². The van der Waals surface area contributed by atoms with E-state index in [1.807, 2.05) is 18.2 Å². The molecule has 0 aliphatic carbocycles. The number of aliphatic imine (C=N–C) groups is 1. The number of thioether (sulfide) groups is 1. The summed E-state index contributed by atoms with van der Waals surface area (Å²) in [6.07, 6.45) is 4.70. The van der Waals surface area contributed by atoms with E-state index in [0.29, 0.717) is 18.8 Å². The maximum atomic E-state index is 13.1. The Bertz CT molecular complexity index is 933. The second-order valence-corrected chi connectivity index (χ2v) is 10.2. The van der Waals surface area contributed by atoms with Crippen LogP contribution in [0.5, 0.6) is 0 Å². The van der Waals surface area contributed by atoms with Crippen LogP contribution >= 0.6 is 11.8 Å². The Hall–Kier alpha value is -2.10. The molecule has 1 aliphatic rings. The monoisotopic (exact) mass is 447 g/mol. The molecule has 0 bridgehead atoms. The Balaban J connectivity index is 1.64. The summed E-state index contributed by atoms with van der Waals surface area (Å²) in [7, 11) is -1.02. The largest absolute Gasteiger partial charge is 0.360 e. The van der Waals surface area contributed by atoms with Gasteiger partial charge in [0.15, 0.2) is 0 Å². The van der Waals surface area contributed by atoms with Crippen LogP contribution in [0, 0.1) is 5.82 Å². The fraction of sp³-hybridized carbons (Fsp3) is 0.381. The highest BCUT2D eigenvalue weighted by molar-refractivity contribution is 8.03. The van der Waals surface area contributed by atoms with Crippen molar-refractivity contribution in [1.29, 1.82) is 0 Å². The van der Waals surface area contributed by atoms with E-state index in [9.17, 15) is 8.60 Å². The van der Waals surface area contributed by atoms with Gasteiger partial charge in [-0.2, -0.15) is 0 Å². The first-order valence-electron chi connectivity index (χ1n) is 9.72. The molecule has 0 radical (unpaired) electrons. The van der Waals surface area contributed by atoms with E-state index in [1.165, 1.54) is 12.1 Å². The van der Waals surface area contributed by atoms with Crippen molar-refractivity contribution in [3.63, 3.8) is 0 Å². The molecule has 0 saturated heterocycles. The van der Waals surface area contributed by atoms with Crippen LogP contribution < -0.4 is 5.32 Å². The maximum Gasteiger partial charge on any atom is 0.134 e. The van der Waals surface area contributed by atoms with Gasteiger partial charge in [-0.15, -0.1) is 11.8 Å². The number of benzene rings is 1. The molecule has 9 heteroatoms. The van der Waals surface area contributed by atoms with Gasteiger partial charge in [-0.25, -0.2) is 22.9 Å². The molecule has 1 aliphatic heterocycles. The Morgan fingerprint density at radius 1 is 1.40 bits per heavy atom. The lowest BCUT2D eigenvalue weighted by Crippen LogP contribution is -2.36. The Labute approximate surface area is 183 Å². The van der Waals surface area contributed by atoms with E-state index in [0.717, 1.165) is 40.5 Å². The molecule has 3 rings (SSSR count). The predicted molar refractivity (Wildman–Crippen MR) is 123 cm³/mol. The number of aromatic nitrogens is 2. The molecule has 1 N–H and O–H groups in total. The van der Waals surface area contributed by atoms with Gasteiger partial charge in [-0.05, 0) is 38.3 Å². The van der Waals surface area contributed by atoms with Crippen LogP contribution in [0.2, 0.25) is 0 Å². The SMILES string of the molecule is C=N/C=C(/Cc1ccc(F)cc1)SCNc1ncnc2c1CN(S(=O)C(C)C)CC2. The number of fused-ring (bicyclic) bond motifs is 1. The number of halogens is 1. The molecule has 1 aromatic carbocycles. The zero-order valence-electron chi connectivity index (χ0n) is 17.2. The lowest BCUT2D eigenvalue weighted by molar-refractivity contribution is 0.413. The number of allylic oxidation sites excluding steroid dienone is 1. The van der Waals surface area contributed by atoms with Crippen LogP contribution in [-0.2, 0) is 30.4 Å². The van der Waals surface area contributed by atoms with Gasteiger partial charge in [0.1, 0.15) is 18.0 Å². The lowest BCUT2D eigenvalue weighted by atomic mass is 10.1. The van der Waals surface area contributed by atoms with Crippen LogP contribution in [0.4, 0.5) is 10.2 Å². The maximum absolute atomic E-state index is 13.1. The molecule has 0 spiro atoms. The van der Waals surface area contributed by atoms with Crippen LogP contribution in [0.1, 0.15) is 30.7 Å². The third-order valence-corrected chi connectivity index (χ3v) is 7.19. The summed E-state index contributed by atoms with van der Waals surface area (Å²) in [5.74, 6) is 1.10. The van der Waals surface area contributed by atoms with E-state index in [-0.39, 0.29) is 11.1 Å². The van der Waals surface area contributed by atoms with E-state index in [1.54, 1.807) is 36.4 Å². The number of hydrogen-bond acceptors (Lipinski definition) is 6. The molecule has 1 atom stereocenters. The number of rotatable bonds is 9. The van der Waals surface area contributed by atoms with E-state index in [4.69, 9.17) is 0 Å². The molecular weight excluding hydrogens is 421 g/mol. The van der Waals surface area contributed by atoms with Crippen molar-refractivity contribution in [2.45, 2.75) is 38.5 Å². The smallest absolute Gasteiger partial charge is 0.134 e. The minimum absolute atomic E-state index is 0.0775. The van der Waals surface area contributed by atoms with E-state index in [2.05, 4.69) is 27.0 Å². The van der Waals surface area contributed by atoms with Crippen molar-refractivity contribution in [2.75, 3.05) is 17.7 Å². The minimum Gasteiger partial charge on any atom is -0.360 e. The molecule has 0 fully saturated rings. The first-order chi connectivity index (χ1) is 14.5. The van der Waals surface area contributed by atoms with Crippen molar-refractivity contribution < 1.29 is 8.60 Å². The van der Waals surface area contributed by atoms with Crippen molar-refractivity contribution in [3.05, 3.63) is 64.3 Å². The molecule has 6 nitrogen and oxygen atoms in total. The van der Waals surface area contributed by atoms with Crippen LogP contribution in [0.15, 0.2) is 46.7 Å². The third-order valence-electron chi connectivity index (χ3n) is 4.65. The van der Waals surface area contributed by atoms with Crippen LogP contribution in [-0.4, -0.2) is 42.9 Å². The molecule has 1 unspecified atom stereocenters. The quantitative estimate of drug-likeness (QED) is 0.466. The number of nitrogens with one attached hydrogen (secondary N) is 1. The van der Waals surface area contributed by atoms with E-state index >= 15 is 0 Å². The standard InChI is InChI=1S/C21H26FN5OS2/c1-15(2)30(28)27-9-8-20-19(12-27)21(25-13-24-20)26-14-29-18(11-23-3)10-16-4-6-17(22)7-5-16/h4-7,11,13,15H,3,8-10,12,14H2,1-2H3,(H,24,25,26)/b18-11-. The molecule has 1 aromatic heterocycles. The van der Waals surface area contributed by atoms with Gasteiger partial charge in [-0.3, -0.25) is 4.99 Å². The molecule has 0 amide bonds. The van der Waals surface area contributed by atoms with Crippen molar-refractivity contribution in [2.24, 2.45) is 4.99 Å². The first-order valence-corrected chi connectivity index (χ1v) is 11.9. The number of hydrogen-bond donors (Lipinski definition) is 1. The minimum atomic E-state index is -1.02. The van der Waals surface area contributed by atoms with Crippen molar-refractivity contribution in [1.82, 2.24) is 14.3 Å². The first kappa shape index (κ1) is 22.6. The third kappa shape index (κ3) is 5.96. The average molecular weight is 448 g/mol. The van der Waals surface area contributed by atoms with Crippen LogP contribution in [0.3, 0.4) is 0 Å². The van der Waals surface area contributed by atoms with Crippen LogP contribution in [0.25, 0.3) is 0 Å². The Morgan fingerprint density at radius 2 is 2.17 bits per heavy atom. The Morgan fingerprint density at radius 3 is 2.87 bits per heavy atom. The molecule has 2 heterocycles. The lowest BCUT2D eigenvalue weighted by Gasteiger charge is -2.29. The summed E-state index contributed by atoms with van der Waals surface area (Å²) >= 11 is 1.59. The zero-order chi connectivity index (χ0) is 21.5. The van der Waals surface area contributed by atoms with Gasteiger partial charge in [-0.1, -0.05) is 12.1 Å². The summed E-state index contributed by atoms with van der Waals surface area (Å²) in [6, 6.07) is 6.45. The second-order valence-electron chi connectivity index (χ2n) is 7.13. The second kappa shape index (κ2) is 10.8. The highest BCUT2D eigenvalue weighted by Crippen LogP contribution is 2.27.